The molecule has 2 N–H and O–H groups in total. The summed E-state index contributed by atoms with van der Waals surface area (Å²) in [5.41, 5.74) is 4.80. The first-order chi connectivity index (χ1) is 14.3. The van der Waals surface area contributed by atoms with Gasteiger partial charge in [0.1, 0.15) is 11.6 Å². The molecule has 0 aliphatic carbocycles. The summed E-state index contributed by atoms with van der Waals surface area (Å²) in [5, 5.41) is 17.3. The minimum atomic E-state index is 0.237. The molecule has 0 saturated carbocycles. The minimum Gasteiger partial charge on any atom is -0.508 e. The number of rotatable bonds is 4. The fraction of sp³-hybridized carbons (Fsp3) is 0.182. The number of phenolic OH excluding ortho intramolecular Hbond substituents is 1. The van der Waals surface area contributed by atoms with E-state index in [1.807, 2.05) is 24.4 Å². The van der Waals surface area contributed by atoms with Gasteiger partial charge >= 0.3 is 0 Å². The predicted molar refractivity (Wildman–Crippen MR) is 113 cm³/mol. The second kappa shape index (κ2) is 7.44. The first-order valence-corrected chi connectivity index (χ1v) is 9.60. The molecule has 5 rings (SSSR count). The molecule has 2 aromatic carbocycles. The molecule has 0 spiro atoms. The normalized spacial score (nSPS) is 14.3. The molecule has 0 amide bonds. The van der Waals surface area contributed by atoms with Gasteiger partial charge in [0.05, 0.1) is 19.4 Å². The highest BCUT2D eigenvalue weighted by atomic mass is 16.5. The summed E-state index contributed by atoms with van der Waals surface area (Å²) >= 11 is 0. The maximum atomic E-state index is 9.52. The fourth-order valence-corrected chi connectivity index (χ4v) is 3.51. The van der Waals surface area contributed by atoms with E-state index in [0.29, 0.717) is 0 Å². The average molecular weight is 387 g/mol. The van der Waals surface area contributed by atoms with Gasteiger partial charge in [-0.15, -0.1) is 0 Å². The lowest BCUT2D eigenvalue weighted by Crippen LogP contribution is -2.36. The Hall–Kier alpha value is -3.58. The molecule has 1 aliphatic heterocycles. The van der Waals surface area contributed by atoms with Gasteiger partial charge in [-0.3, -0.25) is 0 Å². The highest BCUT2D eigenvalue weighted by Crippen LogP contribution is 2.27. The van der Waals surface area contributed by atoms with Crippen LogP contribution in [0.25, 0.3) is 16.8 Å². The number of ether oxygens (including phenoxy) is 1. The average Bonchev–Trinajstić information content (AvgIpc) is 3.19. The quantitative estimate of drug-likeness (QED) is 0.556. The summed E-state index contributed by atoms with van der Waals surface area (Å²) < 4.78 is 7.16. The second-order valence-corrected chi connectivity index (χ2v) is 6.96. The number of fused-ring (bicyclic) bond motifs is 1. The molecule has 7 heteroatoms. The van der Waals surface area contributed by atoms with Crippen molar-refractivity contribution in [1.29, 1.82) is 0 Å². The van der Waals surface area contributed by atoms with E-state index < -0.39 is 0 Å². The molecule has 0 atom stereocenters. The summed E-state index contributed by atoms with van der Waals surface area (Å²) in [6.45, 7) is 3.40. The van der Waals surface area contributed by atoms with Crippen LogP contribution in [0.3, 0.4) is 0 Å². The molecule has 0 radical (unpaired) electrons. The molecule has 2 aromatic heterocycles. The molecule has 146 valence electrons. The number of benzene rings is 2. The maximum Gasteiger partial charge on any atom is 0.165 e. The Morgan fingerprint density at radius 3 is 2.45 bits per heavy atom. The third-order valence-electron chi connectivity index (χ3n) is 5.06. The van der Waals surface area contributed by atoms with E-state index >= 15 is 0 Å². The lowest BCUT2D eigenvalue weighted by atomic mass is 10.1. The Morgan fingerprint density at radius 1 is 0.931 bits per heavy atom. The van der Waals surface area contributed by atoms with Crippen LogP contribution in [0, 0.1) is 0 Å². The third kappa shape index (κ3) is 3.60. The lowest BCUT2D eigenvalue weighted by Gasteiger charge is -2.28. The summed E-state index contributed by atoms with van der Waals surface area (Å²) in [5.74, 6) is 0.984. The Morgan fingerprint density at radius 2 is 1.69 bits per heavy atom. The summed E-state index contributed by atoms with van der Waals surface area (Å²) in [7, 11) is 0. The van der Waals surface area contributed by atoms with Crippen molar-refractivity contribution in [1.82, 2.24) is 14.6 Å². The number of morpholine rings is 1. The van der Waals surface area contributed by atoms with Crippen molar-refractivity contribution >= 4 is 22.8 Å². The van der Waals surface area contributed by atoms with E-state index in [1.165, 1.54) is 5.69 Å². The number of aromatic hydroxyl groups is 1. The van der Waals surface area contributed by atoms with Crippen LogP contribution in [-0.2, 0) is 4.74 Å². The Labute approximate surface area is 168 Å². The molecule has 0 bridgehead atoms. The van der Waals surface area contributed by atoms with E-state index in [4.69, 9.17) is 9.72 Å². The number of hydrogen-bond acceptors (Lipinski definition) is 6. The molecule has 1 aliphatic rings. The van der Waals surface area contributed by atoms with Crippen molar-refractivity contribution in [3.63, 3.8) is 0 Å². The smallest absolute Gasteiger partial charge is 0.165 e. The van der Waals surface area contributed by atoms with Gasteiger partial charge in [-0.2, -0.15) is 5.10 Å². The maximum absolute atomic E-state index is 9.52. The molecular formula is C22H21N5O2. The number of aromatic nitrogens is 3. The van der Waals surface area contributed by atoms with E-state index in [2.05, 4.69) is 39.6 Å². The van der Waals surface area contributed by atoms with E-state index in [9.17, 15) is 5.11 Å². The van der Waals surface area contributed by atoms with Gasteiger partial charge in [-0.1, -0.05) is 12.1 Å². The summed E-state index contributed by atoms with van der Waals surface area (Å²) in [6, 6.07) is 17.3. The van der Waals surface area contributed by atoms with Gasteiger partial charge < -0.3 is 20.1 Å². The molecule has 0 unspecified atom stereocenters. The molecule has 1 saturated heterocycles. The lowest BCUT2D eigenvalue weighted by molar-refractivity contribution is 0.122. The molecule has 4 aromatic rings. The van der Waals surface area contributed by atoms with Crippen molar-refractivity contribution in [2.75, 3.05) is 36.5 Å². The first-order valence-electron chi connectivity index (χ1n) is 9.60. The highest BCUT2D eigenvalue weighted by molar-refractivity contribution is 5.78. The van der Waals surface area contributed by atoms with Crippen molar-refractivity contribution in [3.8, 4) is 16.9 Å². The molecule has 29 heavy (non-hydrogen) atoms. The Bertz CT molecular complexity index is 1120. The Kier molecular flexibility index (Phi) is 4.50. The third-order valence-corrected chi connectivity index (χ3v) is 5.06. The van der Waals surface area contributed by atoms with Gasteiger partial charge in [-0.05, 0) is 48.0 Å². The minimum absolute atomic E-state index is 0.237. The molecule has 7 nitrogen and oxygen atoms in total. The van der Waals surface area contributed by atoms with Crippen LogP contribution >= 0.6 is 0 Å². The molecular weight excluding hydrogens is 366 g/mol. The number of nitrogens with zero attached hydrogens (tertiary/aromatic N) is 4. The van der Waals surface area contributed by atoms with E-state index in [-0.39, 0.29) is 5.75 Å². The SMILES string of the molecule is Oc1ccc(-c2cnn3ccc(Nc4ccc(N5CCOCC5)cc4)nc23)cc1. The number of hydrogen-bond donors (Lipinski definition) is 2. The van der Waals surface area contributed by atoms with E-state index in [0.717, 1.165) is 54.6 Å². The van der Waals surface area contributed by atoms with Crippen LogP contribution in [0.5, 0.6) is 5.75 Å². The van der Waals surface area contributed by atoms with Gasteiger partial charge in [0.2, 0.25) is 0 Å². The van der Waals surface area contributed by atoms with Gasteiger partial charge in [0.15, 0.2) is 5.65 Å². The standard InChI is InChI=1S/C22H21N5O2/c28-19-7-1-16(2-8-19)20-15-23-27-10-9-21(25-22(20)27)24-17-3-5-18(6-4-17)26-11-13-29-14-12-26/h1-10,15,28H,11-14H2,(H,24,25). The summed E-state index contributed by atoms with van der Waals surface area (Å²) in [6.07, 6.45) is 3.67. The number of phenols is 1. The van der Waals surface area contributed by atoms with Crippen molar-refractivity contribution in [2.45, 2.75) is 0 Å². The van der Waals surface area contributed by atoms with Crippen LogP contribution in [0.4, 0.5) is 17.2 Å². The van der Waals surface area contributed by atoms with Crippen molar-refractivity contribution < 1.29 is 9.84 Å². The monoisotopic (exact) mass is 387 g/mol. The van der Waals surface area contributed by atoms with Gasteiger partial charge in [0.25, 0.3) is 0 Å². The predicted octanol–water partition coefficient (Wildman–Crippen LogP) is 3.68. The molecule has 1 fully saturated rings. The van der Waals surface area contributed by atoms with Crippen LogP contribution in [-0.4, -0.2) is 46.0 Å². The topological polar surface area (TPSA) is 74.9 Å². The van der Waals surface area contributed by atoms with Gasteiger partial charge in [-0.25, -0.2) is 9.50 Å². The second-order valence-electron chi connectivity index (χ2n) is 6.96. The zero-order valence-electron chi connectivity index (χ0n) is 15.8. The van der Waals surface area contributed by atoms with Crippen molar-refractivity contribution in [2.24, 2.45) is 0 Å². The number of anilines is 3. The zero-order valence-corrected chi connectivity index (χ0v) is 15.8. The fourth-order valence-electron chi connectivity index (χ4n) is 3.51. The Balaban J connectivity index is 1.39. The van der Waals surface area contributed by atoms with Crippen LogP contribution in [0.15, 0.2) is 67.0 Å². The van der Waals surface area contributed by atoms with Crippen LogP contribution in [0.2, 0.25) is 0 Å². The highest BCUT2D eigenvalue weighted by Gasteiger charge is 2.12. The number of nitrogens with one attached hydrogen (secondary N) is 1. The largest absolute Gasteiger partial charge is 0.508 e. The zero-order chi connectivity index (χ0) is 19.6. The summed E-state index contributed by atoms with van der Waals surface area (Å²) in [4.78, 5) is 7.07. The van der Waals surface area contributed by atoms with Crippen molar-refractivity contribution in [3.05, 3.63) is 67.0 Å². The van der Waals surface area contributed by atoms with Gasteiger partial charge in [0, 0.05) is 36.2 Å². The van der Waals surface area contributed by atoms with Crippen LogP contribution < -0.4 is 10.2 Å². The van der Waals surface area contributed by atoms with Crippen LogP contribution in [0.1, 0.15) is 0 Å². The van der Waals surface area contributed by atoms with E-state index in [1.54, 1.807) is 22.8 Å². The molecule has 3 heterocycles. The first kappa shape index (κ1) is 17.5.